The lowest BCUT2D eigenvalue weighted by Gasteiger charge is -2.34. The van der Waals surface area contributed by atoms with Crippen molar-refractivity contribution in [2.24, 2.45) is 0 Å². The van der Waals surface area contributed by atoms with E-state index in [0.29, 0.717) is 0 Å². The summed E-state index contributed by atoms with van der Waals surface area (Å²) in [5.74, 6) is 0. The van der Waals surface area contributed by atoms with Gasteiger partial charge in [0.15, 0.2) is 0 Å². The van der Waals surface area contributed by atoms with E-state index in [1.807, 2.05) is 41.5 Å². The number of ether oxygens (including phenoxy) is 1. The van der Waals surface area contributed by atoms with Crippen LogP contribution in [0.4, 0.5) is 0 Å². The maximum Gasteiger partial charge on any atom is 0.501 e. The maximum atomic E-state index is 6.11. The fourth-order valence-electron chi connectivity index (χ4n) is 1.97. The molecule has 0 radical (unpaired) electrons. The Morgan fingerprint density at radius 2 is 1.20 bits per heavy atom. The van der Waals surface area contributed by atoms with Crippen LogP contribution in [0, 0.1) is 0 Å². The van der Waals surface area contributed by atoms with E-state index in [9.17, 15) is 0 Å². The van der Waals surface area contributed by atoms with Crippen molar-refractivity contribution in [3.63, 3.8) is 0 Å². The Morgan fingerprint density at radius 1 is 0.750 bits per heavy atom. The van der Waals surface area contributed by atoms with Crippen LogP contribution in [0.15, 0.2) is 0 Å². The molecule has 5 heteroatoms. The molecule has 0 heterocycles. The van der Waals surface area contributed by atoms with Gasteiger partial charge in [0.2, 0.25) is 0 Å². The molecule has 0 aromatic heterocycles. The second kappa shape index (κ2) is 10.7. The minimum absolute atomic E-state index is 0.107. The number of hydrogen-bond acceptors (Lipinski definition) is 4. The average Bonchev–Trinajstić information content (AvgIpc) is 2.25. The molecule has 0 N–H and O–H groups in total. The minimum atomic E-state index is -2.62. The molecular weight excluding hydrogens is 272 g/mol. The van der Waals surface area contributed by atoms with Crippen molar-refractivity contribution in [3.05, 3.63) is 0 Å². The Kier molecular flexibility index (Phi) is 10.8. The lowest BCUT2D eigenvalue weighted by Crippen LogP contribution is -2.50. The molecule has 0 saturated heterocycles. The van der Waals surface area contributed by atoms with Crippen molar-refractivity contribution in [1.82, 2.24) is 0 Å². The summed E-state index contributed by atoms with van der Waals surface area (Å²) in [6.45, 7) is 15.9. The van der Waals surface area contributed by atoms with E-state index in [1.54, 1.807) is 0 Å². The standard InChI is InChI=1S/C15H34O4Si/c1-8-10-16-11-9-12-20(17-13(2)3,18-14(4)5)19-15(6)7/h13-15H,8-12H2,1-7H3. The molecule has 122 valence electrons. The Balaban J connectivity index is 4.60. The van der Waals surface area contributed by atoms with E-state index < -0.39 is 8.80 Å². The SMILES string of the molecule is CCCOCCC[Si](OC(C)C)(OC(C)C)OC(C)C. The Morgan fingerprint density at radius 3 is 1.55 bits per heavy atom. The maximum absolute atomic E-state index is 6.11. The van der Waals surface area contributed by atoms with Gasteiger partial charge in [0.25, 0.3) is 0 Å². The van der Waals surface area contributed by atoms with Crippen LogP contribution in [0.5, 0.6) is 0 Å². The lowest BCUT2D eigenvalue weighted by atomic mass is 10.5. The third kappa shape index (κ3) is 9.88. The monoisotopic (exact) mass is 306 g/mol. The molecule has 0 aliphatic rings. The summed E-state index contributed by atoms with van der Waals surface area (Å²) in [5.41, 5.74) is 0. The van der Waals surface area contributed by atoms with Gasteiger partial charge in [-0.25, -0.2) is 0 Å². The van der Waals surface area contributed by atoms with Gasteiger partial charge >= 0.3 is 8.80 Å². The van der Waals surface area contributed by atoms with Gasteiger partial charge in [-0.15, -0.1) is 0 Å². The van der Waals surface area contributed by atoms with Gasteiger partial charge in [-0.05, 0) is 54.4 Å². The Labute approximate surface area is 126 Å². The molecule has 0 aromatic rings. The molecule has 0 aliphatic heterocycles. The summed E-state index contributed by atoms with van der Waals surface area (Å²) < 4.78 is 23.9. The second-order valence-electron chi connectivity index (χ2n) is 5.90. The zero-order valence-corrected chi connectivity index (χ0v) is 15.4. The van der Waals surface area contributed by atoms with Crippen molar-refractivity contribution in [3.8, 4) is 0 Å². The summed E-state index contributed by atoms with van der Waals surface area (Å²) >= 11 is 0. The average molecular weight is 307 g/mol. The minimum Gasteiger partial charge on any atom is -0.381 e. The Bertz CT molecular complexity index is 205. The quantitative estimate of drug-likeness (QED) is 0.403. The fraction of sp³-hybridized carbons (Fsp3) is 1.00. The smallest absolute Gasteiger partial charge is 0.381 e. The predicted octanol–water partition coefficient (Wildman–Crippen LogP) is 4.02. The first-order valence-electron chi connectivity index (χ1n) is 7.92. The highest BCUT2D eigenvalue weighted by Crippen LogP contribution is 2.23. The summed E-state index contributed by atoms with van der Waals surface area (Å²) in [5, 5.41) is 0. The molecule has 0 rings (SSSR count). The van der Waals surface area contributed by atoms with Gasteiger partial charge in [0, 0.05) is 37.6 Å². The third-order valence-electron chi connectivity index (χ3n) is 2.37. The van der Waals surface area contributed by atoms with Gasteiger partial charge in [-0.2, -0.15) is 0 Å². The molecule has 0 fully saturated rings. The fourth-order valence-corrected chi connectivity index (χ4v) is 5.23. The van der Waals surface area contributed by atoms with Crippen LogP contribution in [0.1, 0.15) is 61.3 Å². The van der Waals surface area contributed by atoms with Crippen molar-refractivity contribution < 1.29 is 18.0 Å². The van der Waals surface area contributed by atoms with Crippen molar-refractivity contribution >= 4 is 8.80 Å². The predicted molar refractivity (Wildman–Crippen MR) is 85.0 cm³/mol. The molecule has 20 heavy (non-hydrogen) atoms. The topological polar surface area (TPSA) is 36.9 Å². The van der Waals surface area contributed by atoms with E-state index in [1.165, 1.54) is 0 Å². The summed E-state index contributed by atoms with van der Waals surface area (Å²) in [4.78, 5) is 0. The van der Waals surface area contributed by atoms with Gasteiger partial charge in [-0.3, -0.25) is 0 Å². The van der Waals surface area contributed by atoms with Crippen LogP contribution in [-0.2, 0) is 18.0 Å². The largest absolute Gasteiger partial charge is 0.501 e. The van der Waals surface area contributed by atoms with Crippen molar-refractivity contribution in [2.75, 3.05) is 13.2 Å². The van der Waals surface area contributed by atoms with Crippen LogP contribution in [-0.4, -0.2) is 40.3 Å². The zero-order valence-electron chi connectivity index (χ0n) is 14.4. The molecule has 0 amide bonds. The highest BCUT2D eigenvalue weighted by atomic mass is 28.4. The number of hydrogen-bond donors (Lipinski definition) is 0. The van der Waals surface area contributed by atoms with Gasteiger partial charge in [0.05, 0.1) is 0 Å². The van der Waals surface area contributed by atoms with Crippen LogP contribution in [0.25, 0.3) is 0 Å². The van der Waals surface area contributed by atoms with Gasteiger partial charge < -0.3 is 18.0 Å². The molecule has 0 bridgehead atoms. The summed E-state index contributed by atoms with van der Waals surface area (Å²) in [6.07, 6.45) is 2.29. The van der Waals surface area contributed by atoms with E-state index in [2.05, 4.69) is 6.92 Å². The first kappa shape index (κ1) is 20.1. The summed E-state index contributed by atoms with van der Waals surface area (Å²) in [6, 6.07) is 0.811. The van der Waals surface area contributed by atoms with Crippen molar-refractivity contribution in [2.45, 2.75) is 85.7 Å². The van der Waals surface area contributed by atoms with Crippen LogP contribution in [0.2, 0.25) is 6.04 Å². The van der Waals surface area contributed by atoms with Gasteiger partial charge in [0.1, 0.15) is 0 Å². The third-order valence-corrected chi connectivity index (χ3v) is 5.82. The number of rotatable bonds is 12. The lowest BCUT2D eigenvalue weighted by molar-refractivity contribution is 0.00116. The molecule has 0 aliphatic carbocycles. The first-order chi connectivity index (χ1) is 9.31. The molecule has 0 unspecified atom stereocenters. The molecule has 0 aromatic carbocycles. The second-order valence-corrected chi connectivity index (χ2v) is 8.47. The van der Waals surface area contributed by atoms with E-state index in [-0.39, 0.29) is 18.3 Å². The summed E-state index contributed by atoms with van der Waals surface area (Å²) in [7, 11) is -2.62. The normalized spacial score (nSPS) is 12.9. The Hall–Kier alpha value is 0.0569. The highest BCUT2D eigenvalue weighted by Gasteiger charge is 2.43. The van der Waals surface area contributed by atoms with Crippen LogP contribution >= 0.6 is 0 Å². The first-order valence-corrected chi connectivity index (χ1v) is 9.85. The molecular formula is C15H34O4Si. The van der Waals surface area contributed by atoms with E-state index >= 15 is 0 Å². The van der Waals surface area contributed by atoms with E-state index in [0.717, 1.165) is 32.1 Å². The highest BCUT2D eigenvalue weighted by molar-refractivity contribution is 6.60. The molecule has 0 atom stereocenters. The van der Waals surface area contributed by atoms with Crippen LogP contribution < -0.4 is 0 Å². The van der Waals surface area contributed by atoms with E-state index in [4.69, 9.17) is 18.0 Å². The van der Waals surface area contributed by atoms with Crippen molar-refractivity contribution in [1.29, 1.82) is 0 Å². The van der Waals surface area contributed by atoms with Gasteiger partial charge in [-0.1, -0.05) is 6.92 Å². The molecule has 0 saturated carbocycles. The zero-order chi connectivity index (χ0) is 15.6. The molecule has 0 spiro atoms. The van der Waals surface area contributed by atoms with Crippen LogP contribution in [0.3, 0.4) is 0 Å². The molecule has 4 nitrogen and oxygen atoms in total.